The number of hydrogen-bond acceptors (Lipinski definition) is 5. The highest BCUT2D eigenvalue weighted by Gasteiger charge is 2.25. The van der Waals surface area contributed by atoms with Crippen LogP contribution in [0.5, 0.6) is 5.75 Å². The molecule has 2 heterocycles. The first-order chi connectivity index (χ1) is 11.8. The van der Waals surface area contributed by atoms with E-state index < -0.39 is 0 Å². The fraction of sp³-hybridized carbons (Fsp3) is 0.556. The molecule has 130 valence electrons. The first kappa shape index (κ1) is 16.9. The van der Waals surface area contributed by atoms with E-state index in [-0.39, 0.29) is 6.10 Å². The van der Waals surface area contributed by atoms with Crippen molar-refractivity contribution < 1.29 is 9.47 Å². The molecule has 0 bridgehead atoms. The average Bonchev–Trinajstić information content (AvgIpc) is 3.11. The minimum Gasteiger partial charge on any atom is -0.497 e. The van der Waals surface area contributed by atoms with Crippen LogP contribution in [0, 0.1) is 0 Å². The highest BCUT2D eigenvalue weighted by atomic mass is 16.5. The zero-order valence-corrected chi connectivity index (χ0v) is 14.5. The first-order valence-electron chi connectivity index (χ1n) is 8.64. The fourth-order valence-electron chi connectivity index (χ4n) is 3.15. The summed E-state index contributed by atoms with van der Waals surface area (Å²) in [5, 5.41) is 8.25. The monoisotopic (exact) mass is 330 g/mol. The maximum Gasteiger partial charge on any atom is 0.163 e. The highest BCUT2D eigenvalue weighted by Crippen LogP contribution is 2.21. The van der Waals surface area contributed by atoms with Gasteiger partial charge in [0.2, 0.25) is 0 Å². The molecule has 1 aliphatic heterocycles. The molecule has 2 aromatic rings. The summed E-state index contributed by atoms with van der Waals surface area (Å²) in [7, 11) is 1.71. The van der Waals surface area contributed by atoms with Gasteiger partial charge in [-0.1, -0.05) is 12.1 Å². The highest BCUT2D eigenvalue weighted by molar-refractivity contribution is 5.28. The Morgan fingerprint density at radius 1 is 1.38 bits per heavy atom. The van der Waals surface area contributed by atoms with Crippen LogP contribution >= 0.6 is 0 Å². The van der Waals surface area contributed by atoms with E-state index in [0.29, 0.717) is 0 Å². The van der Waals surface area contributed by atoms with Gasteiger partial charge in [0.05, 0.1) is 13.7 Å². The van der Waals surface area contributed by atoms with Gasteiger partial charge in [0.1, 0.15) is 18.2 Å². The average molecular weight is 330 g/mol. The summed E-state index contributed by atoms with van der Waals surface area (Å²) < 4.78 is 13.3. The zero-order valence-electron chi connectivity index (χ0n) is 14.5. The third-order valence-electron chi connectivity index (χ3n) is 4.50. The van der Waals surface area contributed by atoms with Crippen molar-refractivity contribution in [2.75, 3.05) is 33.4 Å². The fourth-order valence-corrected chi connectivity index (χ4v) is 3.15. The lowest BCUT2D eigenvalue weighted by atomic mass is 10.1. The largest absolute Gasteiger partial charge is 0.497 e. The molecule has 0 amide bonds. The van der Waals surface area contributed by atoms with E-state index in [0.717, 1.165) is 57.2 Å². The third-order valence-corrected chi connectivity index (χ3v) is 4.50. The van der Waals surface area contributed by atoms with Crippen LogP contribution in [0.15, 0.2) is 30.6 Å². The lowest BCUT2D eigenvalue weighted by Crippen LogP contribution is -2.39. The summed E-state index contributed by atoms with van der Waals surface area (Å²) in [6.45, 7) is 6.66. The minimum atomic E-state index is 0.0259. The van der Waals surface area contributed by atoms with Crippen LogP contribution in [0.25, 0.3) is 0 Å². The molecule has 0 saturated carbocycles. The Morgan fingerprint density at radius 2 is 2.29 bits per heavy atom. The molecule has 6 nitrogen and oxygen atoms in total. The van der Waals surface area contributed by atoms with Gasteiger partial charge in [-0.2, -0.15) is 0 Å². The Morgan fingerprint density at radius 3 is 3.12 bits per heavy atom. The summed E-state index contributed by atoms with van der Waals surface area (Å²) in [6.07, 6.45) is 3.99. The summed E-state index contributed by atoms with van der Waals surface area (Å²) in [5.74, 6) is 1.87. The van der Waals surface area contributed by atoms with Crippen molar-refractivity contribution in [3.63, 3.8) is 0 Å². The van der Waals surface area contributed by atoms with Gasteiger partial charge in [-0.3, -0.25) is 4.90 Å². The molecule has 0 radical (unpaired) electrons. The van der Waals surface area contributed by atoms with Crippen molar-refractivity contribution in [2.45, 2.75) is 32.4 Å². The Labute approximate surface area is 143 Å². The van der Waals surface area contributed by atoms with Crippen molar-refractivity contribution in [3.05, 3.63) is 42.0 Å². The van der Waals surface area contributed by atoms with Gasteiger partial charge >= 0.3 is 0 Å². The van der Waals surface area contributed by atoms with Crippen LogP contribution in [0.4, 0.5) is 0 Å². The van der Waals surface area contributed by atoms with Crippen LogP contribution < -0.4 is 4.74 Å². The van der Waals surface area contributed by atoms with Crippen molar-refractivity contribution in [2.24, 2.45) is 0 Å². The van der Waals surface area contributed by atoms with Crippen LogP contribution in [0.2, 0.25) is 0 Å². The molecule has 1 atom stereocenters. The topological polar surface area (TPSA) is 52.4 Å². The lowest BCUT2D eigenvalue weighted by Gasteiger charge is -2.32. The molecular weight excluding hydrogens is 304 g/mol. The molecule has 1 aromatic carbocycles. The van der Waals surface area contributed by atoms with Crippen LogP contribution in [0.3, 0.4) is 0 Å². The van der Waals surface area contributed by atoms with Gasteiger partial charge in [0.25, 0.3) is 0 Å². The van der Waals surface area contributed by atoms with Gasteiger partial charge in [0, 0.05) is 19.6 Å². The summed E-state index contributed by atoms with van der Waals surface area (Å²) >= 11 is 0. The number of nitrogens with zero attached hydrogens (tertiary/aromatic N) is 4. The number of hydrogen-bond donors (Lipinski definition) is 0. The summed E-state index contributed by atoms with van der Waals surface area (Å²) in [4.78, 5) is 2.46. The number of morpholine rings is 1. The van der Waals surface area contributed by atoms with E-state index in [1.165, 1.54) is 5.56 Å². The predicted octanol–water partition coefficient (Wildman–Crippen LogP) is 2.31. The van der Waals surface area contributed by atoms with E-state index in [4.69, 9.17) is 9.47 Å². The van der Waals surface area contributed by atoms with E-state index in [1.54, 1.807) is 13.4 Å². The molecule has 0 aliphatic carbocycles. The first-order valence-corrected chi connectivity index (χ1v) is 8.64. The van der Waals surface area contributed by atoms with Crippen molar-refractivity contribution in [1.82, 2.24) is 19.7 Å². The molecule has 1 unspecified atom stereocenters. The lowest BCUT2D eigenvalue weighted by molar-refractivity contribution is -0.0362. The Hall–Kier alpha value is -1.92. The van der Waals surface area contributed by atoms with Gasteiger partial charge in [0.15, 0.2) is 5.82 Å². The SMILES string of the molecule is CCn1cnnc1C1CN(CCCc2cccc(OC)c2)CCO1. The van der Waals surface area contributed by atoms with Gasteiger partial charge in [-0.05, 0) is 44.0 Å². The van der Waals surface area contributed by atoms with Gasteiger partial charge < -0.3 is 14.0 Å². The van der Waals surface area contributed by atoms with Crippen LogP contribution in [-0.2, 0) is 17.7 Å². The molecule has 24 heavy (non-hydrogen) atoms. The Balaban J connectivity index is 1.50. The Kier molecular flexibility index (Phi) is 5.82. The van der Waals surface area contributed by atoms with Crippen LogP contribution in [0.1, 0.15) is 30.8 Å². The smallest absolute Gasteiger partial charge is 0.163 e. The minimum absolute atomic E-state index is 0.0259. The van der Waals surface area contributed by atoms with Crippen molar-refractivity contribution in [3.8, 4) is 5.75 Å². The molecule has 1 aliphatic rings. The zero-order chi connectivity index (χ0) is 16.8. The molecule has 1 aromatic heterocycles. The Bertz CT molecular complexity index is 643. The predicted molar refractivity (Wildman–Crippen MR) is 92.1 cm³/mol. The van der Waals surface area contributed by atoms with E-state index in [9.17, 15) is 0 Å². The standard InChI is InChI=1S/C18H26N4O2/c1-3-22-14-19-20-18(22)17-13-21(10-11-24-17)9-5-7-15-6-4-8-16(12-15)23-2/h4,6,8,12,14,17H,3,5,7,9-11,13H2,1-2H3. The van der Waals surface area contributed by atoms with Gasteiger partial charge in [-0.25, -0.2) is 0 Å². The number of rotatable bonds is 7. The normalized spacial score (nSPS) is 18.7. The van der Waals surface area contributed by atoms with E-state index in [1.807, 2.05) is 6.07 Å². The maximum atomic E-state index is 5.91. The van der Waals surface area contributed by atoms with Crippen LogP contribution in [-0.4, -0.2) is 53.0 Å². The number of methoxy groups -OCH3 is 1. The number of aromatic nitrogens is 3. The van der Waals surface area contributed by atoms with Crippen molar-refractivity contribution >= 4 is 0 Å². The molecule has 3 rings (SSSR count). The van der Waals surface area contributed by atoms with Gasteiger partial charge in [-0.15, -0.1) is 10.2 Å². The second kappa shape index (κ2) is 8.26. The molecule has 0 N–H and O–H groups in total. The molecule has 0 spiro atoms. The number of ether oxygens (including phenoxy) is 2. The maximum absolute atomic E-state index is 5.91. The number of benzene rings is 1. The molecular formula is C18H26N4O2. The summed E-state index contributed by atoms with van der Waals surface area (Å²) in [5.41, 5.74) is 1.32. The molecule has 6 heteroatoms. The van der Waals surface area contributed by atoms with E-state index >= 15 is 0 Å². The van der Waals surface area contributed by atoms with E-state index in [2.05, 4.69) is 44.8 Å². The third kappa shape index (κ3) is 4.13. The molecule has 1 fully saturated rings. The quantitative estimate of drug-likeness (QED) is 0.780. The number of aryl methyl sites for hydroxylation is 2. The molecule has 1 saturated heterocycles. The second-order valence-corrected chi connectivity index (χ2v) is 6.09. The van der Waals surface area contributed by atoms with Crippen molar-refractivity contribution in [1.29, 1.82) is 0 Å². The summed E-state index contributed by atoms with van der Waals surface area (Å²) in [6, 6.07) is 8.32. The second-order valence-electron chi connectivity index (χ2n) is 6.09.